The molecule has 0 aromatic heterocycles. The summed E-state index contributed by atoms with van der Waals surface area (Å²) in [7, 11) is -1.98. The van der Waals surface area contributed by atoms with Crippen molar-refractivity contribution in [3.63, 3.8) is 0 Å². The van der Waals surface area contributed by atoms with Crippen LogP contribution in [0.5, 0.6) is 0 Å². The summed E-state index contributed by atoms with van der Waals surface area (Å²) in [5, 5.41) is 15.0. The van der Waals surface area contributed by atoms with Gasteiger partial charge in [-0.25, -0.2) is 12.8 Å². The van der Waals surface area contributed by atoms with Crippen molar-refractivity contribution in [2.45, 2.75) is 12.8 Å². The molecule has 0 atom stereocenters. The molecule has 1 amide bonds. The molecular formula is C26H24FN3O5S. The van der Waals surface area contributed by atoms with E-state index in [0.717, 1.165) is 16.1 Å². The van der Waals surface area contributed by atoms with Crippen LogP contribution in [-0.4, -0.2) is 38.7 Å². The third-order valence-electron chi connectivity index (χ3n) is 5.82. The number of carboxylic acids is 1. The van der Waals surface area contributed by atoms with Gasteiger partial charge in [-0.1, -0.05) is 18.2 Å². The van der Waals surface area contributed by atoms with E-state index >= 15 is 0 Å². The van der Waals surface area contributed by atoms with Crippen molar-refractivity contribution in [2.75, 3.05) is 28.2 Å². The van der Waals surface area contributed by atoms with Crippen LogP contribution in [0.2, 0.25) is 0 Å². The Kier molecular flexibility index (Phi) is 6.80. The van der Waals surface area contributed by atoms with Gasteiger partial charge >= 0.3 is 5.97 Å². The van der Waals surface area contributed by atoms with Gasteiger partial charge in [0.1, 0.15) is 5.82 Å². The summed E-state index contributed by atoms with van der Waals surface area (Å²) in [5.74, 6) is -1.81. The lowest BCUT2D eigenvalue weighted by Gasteiger charge is -2.19. The van der Waals surface area contributed by atoms with Gasteiger partial charge in [-0.15, -0.1) is 0 Å². The Hall–Kier alpha value is -4.18. The number of hydrogen-bond acceptors (Lipinski definition) is 5. The van der Waals surface area contributed by atoms with E-state index in [-0.39, 0.29) is 6.42 Å². The Morgan fingerprint density at radius 3 is 2.47 bits per heavy atom. The highest BCUT2D eigenvalue weighted by molar-refractivity contribution is 7.92. The monoisotopic (exact) mass is 509 g/mol. The smallest absolute Gasteiger partial charge is 0.303 e. The molecule has 0 unspecified atom stereocenters. The summed E-state index contributed by atoms with van der Waals surface area (Å²) in [5.41, 5.74) is 4.08. The molecule has 0 fully saturated rings. The first kappa shape index (κ1) is 24.9. The molecule has 1 aliphatic rings. The fourth-order valence-electron chi connectivity index (χ4n) is 3.90. The maximum Gasteiger partial charge on any atom is 0.303 e. The normalized spacial score (nSPS) is 14.1. The minimum atomic E-state index is -3.43. The summed E-state index contributed by atoms with van der Waals surface area (Å²) < 4.78 is 38.7. The first-order valence-corrected chi connectivity index (χ1v) is 12.9. The number of sulfonamides is 1. The molecule has 1 heterocycles. The lowest BCUT2D eigenvalue weighted by molar-refractivity contribution is -0.137. The Bertz CT molecular complexity index is 1480. The number of anilines is 3. The van der Waals surface area contributed by atoms with Gasteiger partial charge in [0, 0.05) is 24.7 Å². The van der Waals surface area contributed by atoms with Gasteiger partial charge in [0.25, 0.3) is 5.91 Å². The Balaban J connectivity index is 1.80. The second-order valence-corrected chi connectivity index (χ2v) is 10.4. The molecule has 0 radical (unpaired) electrons. The van der Waals surface area contributed by atoms with E-state index in [2.05, 4.69) is 10.6 Å². The highest BCUT2D eigenvalue weighted by Crippen LogP contribution is 2.38. The van der Waals surface area contributed by atoms with Gasteiger partial charge < -0.3 is 15.7 Å². The minimum Gasteiger partial charge on any atom is -0.481 e. The molecule has 0 saturated heterocycles. The van der Waals surface area contributed by atoms with Crippen LogP contribution < -0.4 is 14.9 Å². The number of nitrogens with one attached hydrogen (secondary N) is 2. The molecule has 3 aromatic rings. The zero-order valence-corrected chi connectivity index (χ0v) is 20.4. The fraction of sp³-hybridized carbons (Fsp3) is 0.154. The van der Waals surface area contributed by atoms with Crippen LogP contribution in [0.1, 0.15) is 23.1 Å². The number of nitrogens with zero attached hydrogens (tertiary/aromatic N) is 1. The molecule has 0 bridgehead atoms. The third kappa shape index (κ3) is 5.38. The van der Waals surface area contributed by atoms with E-state index in [1.165, 1.54) is 25.2 Å². The standard InChI is InChI=1S/C26H24FN3O5S/c1-30(36(2,34)35)20-10-8-19(9-11-20)28-25(17-5-3-4-16(14-17)6-13-23(31)32)24-21-12-7-18(27)15-22(21)29-26(24)33/h3-5,7-12,14-15,28H,6,13H2,1-2H3,(H,29,33)(H,31,32). The first-order valence-electron chi connectivity index (χ1n) is 11.0. The van der Waals surface area contributed by atoms with Crippen LogP contribution in [0.25, 0.3) is 11.3 Å². The molecule has 36 heavy (non-hydrogen) atoms. The highest BCUT2D eigenvalue weighted by Gasteiger charge is 2.29. The number of rotatable bonds is 8. The maximum absolute atomic E-state index is 13.8. The molecule has 0 spiro atoms. The van der Waals surface area contributed by atoms with Crippen molar-refractivity contribution in [1.82, 2.24) is 0 Å². The topological polar surface area (TPSA) is 116 Å². The fourth-order valence-corrected chi connectivity index (χ4v) is 4.40. The summed E-state index contributed by atoms with van der Waals surface area (Å²) >= 11 is 0. The number of carboxylic acid groups (broad SMARTS) is 1. The predicted molar refractivity (Wildman–Crippen MR) is 138 cm³/mol. The molecule has 186 valence electrons. The van der Waals surface area contributed by atoms with Gasteiger partial charge in [-0.05, 0) is 66.1 Å². The van der Waals surface area contributed by atoms with E-state index in [0.29, 0.717) is 45.9 Å². The van der Waals surface area contributed by atoms with Gasteiger partial charge in [-0.3, -0.25) is 13.9 Å². The minimum absolute atomic E-state index is 0.0410. The van der Waals surface area contributed by atoms with Crippen LogP contribution >= 0.6 is 0 Å². The molecule has 3 N–H and O–H groups in total. The number of carbonyl (C=O) groups excluding carboxylic acids is 1. The zero-order chi connectivity index (χ0) is 26.0. The molecule has 1 aliphatic heterocycles. The van der Waals surface area contributed by atoms with Gasteiger partial charge in [0.15, 0.2) is 0 Å². The summed E-state index contributed by atoms with van der Waals surface area (Å²) in [6, 6.07) is 17.9. The Morgan fingerprint density at radius 1 is 1.08 bits per heavy atom. The number of benzene rings is 3. The number of carbonyl (C=O) groups is 2. The number of fused-ring (bicyclic) bond motifs is 1. The molecule has 10 heteroatoms. The van der Waals surface area contributed by atoms with E-state index < -0.39 is 27.7 Å². The maximum atomic E-state index is 13.8. The average molecular weight is 510 g/mol. The van der Waals surface area contributed by atoms with Crippen LogP contribution in [0.4, 0.5) is 21.5 Å². The molecule has 4 rings (SSSR count). The molecule has 0 saturated carbocycles. The van der Waals surface area contributed by atoms with Gasteiger partial charge in [0.05, 0.1) is 28.9 Å². The van der Waals surface area contributed by atoms with Crippen LogP contribution in [-0.2, 0) is 26.0 Å². The van der Waals surface area contributed by atoms with Crippen molar-refractivity contribution < 1.29 is 27.5 Å². The summed E-state index contributed by atoms with van der Waals surface area (Å²) in [6.07, 6.45) is 1.38. The van der Waals surface area contributed by atoms with Crippen molar-refractivity contribution in [3.05, 3.63) is 89.2 Å². The average Bonchev–Trinajstić information content (AvgIpc) is 3.15. The summed E-state index contributed by atoms with van der Waals surface area (Å²) in [6.45, 7) is 0. The van der Waals surface area contributed by atoms with Gasteiger partial charge in [0.2, 0.25) is 10.0 Å². The van der Waals surface area contributed by atoms with E-state index in [1.54, 1.807) is 42.5 Å². The third-order valence-corrected chi connectivity index (χ3v) is 7.02. The number of aliphatic carboxylic acids is 1. The SMILES string of the molecule is CN(c1ccc(NC(=C2C(=O)Nc3cc(F)ccc32)c2cccc(CCC(=O)O)c2)cc1)S(C)(=O)=O. The second kappa shape index (κ2) is 9.82. The second-order valence-electron chi connectivity index (χ2n) is 8.39. The van der Waals surface area contributed by atoms with Gasteiger partial charge in [-0.2, -0.15) is 0 Å². The first-order chi connectivity index (χ1) is 17.0. The predicted octanol–water partition coefficient (Wildman–Crippen LogP) is 4.17. The van der Waals surface area contributed by atoms with E-state index in [9.17, 15) is 22.4 Å². The van der Waals surface area contributed by atoms with Crippen LogP contribution in [0.3, 0.4) is 0 Å². The lowest BCUT2D eigenvalue weighted by atomic mass is 9.97. The van der Waals surface area contributed by atoms with Crippen molar-refractivity contribution >= 4 is 50.2 Å². The number of halogens is 1. The van der Waals surface area contributed by atoms with Crippen LogP contribution in [0, 0.1) is 5.82 Å². The van der Waals surface area contributed by atoms with Crippen molar-refractivity contribution in [1.29, 1.82) is 0 Å². The highest BCUT2D eigenvalue weighted by atomic mass is 32.2. The molecule has 3 aromatic carbocycles. The zero-order valence-electron chi connectivity index (χ0n) is 19.6. The number of aryl methyl sites for hydroxylation is 1. The number of amides is 1. The Labute approximate surface area is 208 Å². The Morgan fingerprint density at radius 2 is 1.81 bits per heavy atom. The lowest BCUT2D eigenvalue weighted by Crippen LogP contribution is -2.24. The van der Waals surface area contributed by atoms with E-state index in [1.807, 2.05) is 6.07 Å². The summed E-state index contributed by atoms with van der Waals surface area (Å²) in [4.78, 5) is 24.1. The number of hydrogen-bond donors (Lipinski definition) is 3. The van der Waals surface area contributed by atoms with Crippen LogP contribution in [0.15, 0.2) is 66.7 Å². The van der Waals surface area contributed by atoms with Crippen molar-refractivity contribution in [3.8, 4) is 0 Å². The van der Waals surface area contributed by atoms with E-state index in [4.69, 9.17) is 5.11 Å². The molecule has 0 aliphatic carbocycles. The quantitative estimate of drug-likeness (QED) is 0.393. The molecule has 8 nitrogen and oxygen atoms in total. The largest absolute Gasteiger partial charge is 0.481 e. The molecular weight excluding hydrogens is 485 g/mol. The van der Waals surface area contributed by atoms with Crippen molar-refractivity contribution in [2.24, 2.45) is 0 Å².